The normalized spacial score (nSPS) is 15.9. The zero-order valence-electron chi connectivity index (χ0n) is 16.6. The smallest absolute Gasteiger partial charge is 0.404 e. The molecule has 3 aromatic rings. The third-order valence-corrected chi connectivity index (χ3v) is 5.23. The van der Waals surface area contributed by atoms with Crippen LogP contribution in [0.15, 0.2) is 36.8 Å². The minimum absolute atomic E-state index is 0.273. The molecule has 1 atom stereocenters. The molecule has 0 aromatic carbocycles. The Balaban J connectivity index is 1.60. The second-order valence-corrected chi connectivity index (χ2v) is 7.18. The Morgan fingerprint density at radius 1 is 1.43 bits per heavy atom. The number of hydrogen-bond acceptors (Lipinski definition) is 6. The van der Waals surface area contributed by atoms with Gasteiger partial charge in [0.15, 0.2) is 0 Å². The van der Waals surface area contributed by atoms with Gasteiger partial charge in [-0.15, -0.1) is 0 Å². The van der Waals surface area contributed by atoms with E-state index in [0.29, 0.717) is 24.5 Å². The predicted octanol–water partition coefficient (Wildman–Crippen LogP) is 2.76. The van der Waals surface area contributed by atoms with Gasteiger partial charge >= 0.3 is 6.09 Å². The number of amides is 1. The van der Waals surface area contributed by atoms with E-state index in [4.69, 9.17) is 9.84 Å². The minimum atomic E-state index is -0.992. The summed E-state index contributed by atoms with van der Waals surface area (Å²) in [7, 11) is 0. The van der Waals surface area contributed by atoms with Crippen LogP contribution in [0.3, 0.4) is 0 Å². The average Bonchev–Trinajstić information content (AvgIpc) is 3.39. The van der Waals surface area contributed by atoms with Crippen molar-refractivity contribution in [3.63, 3.8) is 0 Å². The van der Waals surface area contributed by atoms with Gasteiger partial charge in [0.05, 0.1) is 30.1 Å². The van der Waals surface area contributed by atoms with E-state index in [2.05, 4.69) is 26.4 Å². The van der Waals surface area contributed by atoms with E-state index in [9.17, 15) is 10.1 Å². The SMILES string of the molecule is CCOc1cc(-c2ccc(N3CCC(CNC(=O)O)C3)nc2)c2c(C#N)cnn2c1. The summed E-state index contributed by atoms with van der Waals surface area (Å²) in [6.45, 7) is 4.49. The van der Waals surface area contributed by atoms with Crippen LogP contribution in [-0.4, -0.2) is 52.0 Å². The third-order valence-electron chi connectivity index (χ3n) is 5.23. The lowest BCUT2D eigenvalue weighted by molar-refractivity contribution is 0.192. The number of rotatable bonds is 6. The van der Waals surface area contributed by atoms with Crippen molar-refractivity contribution in [2.24, 2.45) is 5.92 Å². The van der Waals surface area contributed by atoms with Crippen molar-refractivity contribution < 1.29 is 14.6 Å². The number of ether oxygens (including phenoxy) is 1. The number of anilines is 1. The van der Waals surface area contributed by atoms with Gasteiger partial charge in [0.25, 0.3) is 0 Å². The van der Waals surface area contributed by atoms with Crippen LogP contribution < -0.4 is 15.0 Å². The first-order valence-corrected chi connectivity index (χ1v) is 9.81. The average molecular weight is 406 g/mol. The molecular formula is C21H22N6O3. The van der Waals surface area contributed by atoms with Crippen molar-refractivity contribution in [1.29, 1.82) is 5.26 Å². The van der Waals surface area contributed by atoms with Crippen molar-refractivity contribution in [1.82, 2.24) is 19.9 Å². The van der Waals surface area contributed by atoms with Gasteiger partial charge in [-0.25, -0.2) is 14.3 Å². The molecule has 1 fully saturated rings. The molecule has 1 aliphatic rings. The van der Waals surface area contributed by atoms with Gasteiger partial charge < -0.3 is 20.1 Å². The molecule has 1 saturated heterocycles. The number of carbonyl (C=O) groups is 1. The van der Waals surface area contributed by atoms with Gasteiger partial charge in [-0.1, -0.05) is 0 Å². The number of hydrogen-bond donors (Lipinski definition) is 2. The zero-order chi connectivity index (χ0) is 21.1. The van der Waals surface area contributed by atoms with E-state index < -0.39 is 6.09 Å². The van der Waals surface area contributed by atoms with E-state index in [1.807, 2.05) is 25.1 Å². The molecule has 0 saturated carbocycles. The van der Waals surface area contributed by atoms with Crippen LogP contribution in [0.1, 0.15) is 18.9 Å². The maximum absolute atomic E-state index is 10.7. The Morgan fingerprint density at radius 3 is 3.00 bits per heavy atom. The molecule has 1 amide bonds. The fraction of sp³-hybridized carbons (Fsp3) is 0.333. The molecule has 4 rings (SSSR count). The first kappa shape index (κ1) is 19.5. The van der Waals surface area contributed by atoms with Crippen LogP contribution in [-0.2, 0) is 0 Å². The number of aromatic nitrogens is 3. The number of nitrogens with one attached hydrogen (secondary N) is 1. The van der Waals surface area contributed by atoms with Crippen LogP contribution in [0.4, 0.5) is 10.6 Å². The fourth-order valence-electron chi connectivity index (χ4n) is 3.82. The summed E-state index contributed by atoms with van der Waals surface area (Å²) < 4.78 is 7.32. The molecule has 4 heterocycles. The minimum Gasteiger partial charge on any atom is -0.492 e. The van der Waals surface area contributed by atoms with Crippen molar-refractivity contribution in [3.8, 4) is 22.9 Å². The lowest BCUT2D eigenvalue weighted by atomic mass is 10.1. The topological polar surface area (TPSA) is 116 Å². The molecule has 0 spiro atoms. The Morgan fingerprint density at radius 2 is 2.30 bits per heavy atom. The summed E-state index contributed by atoms with van der Waals surface area (Å²) in [6, 6.07) is 8.03. The Kier molecular flexibility index (Phi) is 5.39. The third kappa shape index (κ3) is 3.85. The fourth-order valence-corrected chi connectivity index (χ4v) is 3.82. The molecule has 0 bridgehead atoms. The molecule has 3 aromatic heterocycles. The molecule has 0 aliphatic carbocycles. The summed E-state index contributed by atoms with van der Waals surface area (Å²) in [4.78, 5) is 17.5. The van der Waals surface area contributed by atoms with Gasteiger partial charge in [-0.05, 0) is 37.5 Å². The van der Waals surface area contributed by atoms with Gasteiger partial charge in [0, 0.05) is 37.0 Å². The largest absolute Gasteiger partial charge is 0.492 e. The quantitative estimate of drug-likeness (QED) is 0.646. The van der Waals surface area contributed by atoms with Gasteiger partial charge in [-0.3, -0.25) is 0 Å². The summed E-state index contributed by atoms with van der Waals surface area (Å²) >= 11 is 0. The van der Waals surface area contributed by atoms with Gasteiger partial charge in [-0.2, -0.15) is 10.4 Å². The highest BCUT2D eigenvalue weighted by Gasteiger charge is 2.24. The monoisotopic (exact) mass is 406 g/mol. The van der Waals surface area contributed by atoms with Crippen LogP contribution >= 0.6 is 0 Å². The molecule has 154 valence electrons. The number of fused-ring (bicyclic) bond motifs is 1. The van der Waals surface area contributed by atoms with E-state index >= 15 is 0 Å². The number of nitrogens with zero attached hydrogens (tertiary/aromatic N) is 5. The highest BCUT2D eigenvalue weighted by molar-refractivity contribution is 5.85. The molecule has 2 N–H and O–H groups in total. The van der Waals surface area contributed by atoms with Crippen molar-refractivity contribution in [3.05, 3.63) is 42.4 Å². The van der Waals surface area contributed by atoms with Gasteiger partial charge in [0.1, 0.15) is 17.6 Å². The molecule has 1 aliphatic heterocycles. The Labute approximate surface area is 173 Å². The summed E-state index contributed by atoms with van der Waals surface area (Å²) in [5, 5.41) is 25.0. The Hall–Kier alpha value is -3.80. The van der Waals surface area contributed by atoms with Crippen molar-refractivity contribution in [2.75, 3.05) is 31.1 Å². The maximum atomic E-state index is 10.7. The van der Waals surface area contributed by atoms with E-state index in [-0.39, 0.29) is 5.92 Å². The first-order chi connectivity index (χ1) is 14.6. The van der Waals surface area contributed by atoms with Crippen molar-refractivity contribution >= 4 is 17.4 Å². The molecule has 9 heteroatoms. The maximum Gasteiger partial charge on any atom is 0.404 e. The van der Waals surface area contributed by atoms with E-state index in [1.165, 1.54) is 0 Å². The number of nitriles is 1. The highest BCUT2D eigenvalue weighted by Crippen LogP contribution is 2.32. The summed E-state index contributed by atoms with van der Waals surface area (Å²) in [6.07, 6.45) is 5.03. The van der Waals surface area contributed by atoms with E-state index in [0.717, 1.165) is 42.0 Å². The molecule has 1 unspecified atom stereocenters. The molecular weight excluding hydrogens is 384 g/mol. The highest BCUT2D eigenvalue weighted by atomic mass is 16.5. The van der Waals surface area contributed by atoms with Crippen LogP contribution in [0, 0.1) is 17.2 Å². The Bertz CT molecular complexity index is 1100. The van der Waals surface area contributed by atoms with Crippen molar-refractivity contribution in [2.45, 2.75) is 13.3 Å². The molecule has 9 nitrogen and oxygen atoms in total. The summed E-state index contributed by atoms with van der Waals surface area (Å²) in [5.41, 5.74) is 2.91. The zero-order valence-corrected chi connectivity index (χ0v) is 16.6. The van der Waals surface area contributed by atoms with E-state index in [1.54, 1.807) is 23.1 Å². The number of pyridine rings is 2. The molecule has 30 heavy (non-hydrogen) atoms. The lowest BCUT2D eigenvalue weighted by Gasteiger charge is -2.18. The standard InChI is InChI=1S/C21H22N6O3/c1-2-30-17-7-18(20-16(8-22)11-25-27(20)13-17)15-3-4-19(23-10-15)26-6-5-14(12-26)9-24-21(28)29/h3-4,7,10-11,13-14,24H,2,5-6,9,12H2,1H3,(H,28,29). The number of carboxylic acid groups (broad SMARTS) is 1. The van der Waals surface area contributed by atoms with Crippen LogP contribution in [0.5, 0.6) is 5.75 Å². The molecule has 0 radical (unpaired) electrons. The second-order valence-electron chi connectivity index (χ2n) is 7.18. The van der Waals surface area contributed by atoms with Crippen LogP contribution in [0.2, 0.25) is 0 Å². The lowest BCUT2D eigenvalue weighted by Crippen LogP contribution is -2.29. The first-order valence-electron chi connectivity index (χ1n) is 9.81. The van der Waals surface area contributed by atoms with Gasteiger partial charge in [0.2, 0.25) is 0 Å². The second kappa shape index (κ2) is 8.29. The predicted molar refractivity (Wildman–Crippen MR) is 111 cm³/mol. The van der Waals surface area contributed by atoms with Crippen LogP contribution in [0.25, 0.3) is 16.6 Å². The summed E-state index contributed by atoms with van der Waals surface area (Å²) in [5.74, 6) is 1.79.